The van der Waals surface area contributed by atoms with Gasteiger partial charge in [-0.15, -0.1) is 0 Å². The van der Waals surface area contributed by atoms with Crippen LogP contribution < -0.4 is 14.8 Å². The van der Waals surface area contributed by atoms with Crippen LogP contribution in [0.25, 0.3) is 0 Å². The van der Waals surface area contributed by atoms with Gasteiger partial charge >= 0.3 is 6.09 Å². The van der Waals surface area contributed by atoms with Gasteiger partial charge in [-0.2, -0.15) is 0 Å². The second kappa shape index (κ2) is 6.02. The Morgan fingerprint density at radius 2 is 1.74 bits per heavy atom. The van der Waals surface area contributed by atoms with Gasteiger partial charge in [-0.1, -0.05) is 11.6 Å². The molecule has 19 heavy (non-hydrogen) atoms. The second-order valence-electron chi connectivity index (χ2n) is 4.81. The zero-order valence-corrected chi connectivity index (χ0v) is 12.4. The molecule has 5 nitrogen and oxygen atoms in total. The number of ether oxygens (including phenoxy) is 3. The summed E-state index contributed by atoms with van der Waals surface area (Å²) in [5.74, 6) is 0.866. The van der Waals surface area contributed by atoms with Crippen molar-refractivity contribution in [3.05, 3.63) is 17.2 Å². The Labute approximate surface area is 117 Å². The van der Waals surface area contributed by atoms with Crippen molar-refractivity contribution in [2.24, 2.45) is 0 Å². The van der Waals surface area contributed by atoms with Crippen molar-refractivity contribution in [2.45, 2.75) is 26.4 Å². The van der Waals surface area contributed by atoms with Crippen molar-refractivity contribution in [1.29, 1.82) is 0 Å². The summed E-state index contributed by atoms with van der Waals surface area (Å²) in [6, 6.07) is 3.14. The molecular weight excluding hydrogens is 270 g/mol. The van der Waals surface area contributed by atoms with Crippen molar-refractivity contribution in [3.63, 3.8) is 0 Å². The van der Waals surface area contributed by atoms with Gasteiger partial charge in [0.15, 0.2) is 0 Å². The van der Waals surface area contributed by atoms with Gasteiger partial charge in [-0.25, -0.2) is 4.79 Å². The van der Waals surface area contributed by atoms with E-state index < -0.39 is 11.7 Å². The number of hydrogen-bond donors (Lipinski definition) is 1. The Balaban J connectivity index is 2.96. The molecule has 0 radical (unpaired) electrons. The van der Waals surface area contributed by atoms with Gasteiger partial charge in [-0.05, 0) is 20.8 Å². The molecule has 0 aliphatic rings. The first-order chi connectivity index (χ1) is 8.76. The Morgan fingerprint density at radius 1 is 1.16 bits per heavy atom. The van der Waals surface area contributed by atoms with Crippen molar-refractivity contribution in [1.82, 2.24) is 0 Å². The summed E-state index contributed by atoms with van der Waals surface area (Å²) in [5, 5.41) is 2.99. The number of carbonyl (C=O) groups excluding carboxylic acids is 1. The van der Waals surface area contributed by atoms with Gasteiger partial charge in [0.1, 0.15) is 17.1 Å². The first-order valence-corrected chi connectivity index (χ1v) is 6.06. The fraction of sp³-hybridized carbons (Fsp3) is 0.462. The van der Waals surface area contributed by atoms with Crippen LogP contribution in [0, 0.1) is 0 Å². The van der Waals surface area contributed by atoms with Crippen LogP contribution >= 0.6 is 11.6 Å². The van der Waals surface area contributed by atoms with Crippen LogP contribution in [-0.2, 0) is 4.74 Å². The average molecular weight is 288 g/mol. The highest BCUT2D eigenvalue weighted by atomic mass is 35.5. The molecule has 1 N–H and O–H groups in total. The van der Waals surface area contributed by atoms with E-state index in [1.165, 1.54) is 14.2 Å². The van der Waals surface area contributed by atoms with Crippen LogP contribution in [-0.4, -0.2) is 25.9 Å². The van der Waals surface area contributed by atoms with E-state index in [9.17, 15) is 4.79 Å². The van der Waals surface area contributed by atoms with Crippen molar-refractivity contribution in [3.8, 4) is 11.5 Å². The normalized spacial score (nSPS) is 10.8. The van der Waals surface area contributed by atoms with Gasteiger partial charge in [0, 0.05) is 12.1 Å². The molecule has 0 saturated carbocycles. The molecule has 0 aliphatic heterocycles. The van der Waals surface area contributed by atoms with E-state index in [0.717, 1.165) is 0 Å². The minimum Gasteiger partial charge on any atom is -0.495 e. The summed E-state index contributed by atoms with van der Waals surface area (Å²) >= 11 is 5.97. The third-order valence-corrected chi connectivity index (χ3v) is 2.40. The number of anilines is 1. The number of amides is 1. The van der Waals surface area contributed by atoms with Gasteiger partial charge in [0.25, 0.3) is 0 Å². The number of hydrogen-bond acceptors (Lipinski definition) is 4. The molecule has 0 fully saturated rings. The van der Waals surface area contributed by atoms with Crippen LogP contribution in [0.5, 0.6) is 11.5 Å². The van der Waals surface area contributed by atoms with Gasteiger partial charge in [0.05, 0.1) is 24.9 Å². The van der Waals surface area contributed by atoms with E-state index in [-0.39, 0.29) is 0 Å². The lowest BCUT2D eigenvalue weighted by Gasteiger charge is -2.20. The zero-order valence-electron chi connectivity index (χ0n) is 11.7. The zero-order chi connectivity index (χ0) is 14.6. The fourth-order valence-corrected chi connectivity index (χ4v) is 1.60. The summed E-state index contributed by atoms with van der Waals surface area (Å²) in [7, 11) is 2.98. The molecule has 1 aromatic carbocycles. The largest absolute Gasteiger partial charge is 0.495 e. The quantitative estimate of drug-likeness (QED) is 0.921. The molecular formula is C13H18ClNO4. The van der Waals surface area contributed by atoms with E-state index >= 15 is 0 Å². The predicted molar refractivity (Wildman–Crippen MR) is 74.4 cm³/mol. The minimum atomic E-state index is -0.576. The minimum absolute atomic E-state index is 0.397. The maximum atomic E-state index is 11.7. The highest BCUT2D eigenvalue weighted by Crippen LogP contribution is 2.36. The van der Waals surface area contributed by atoms with E-state index in [2.05, 4.69) is 5.32 Å². The Hall–Kier alpha value is -1.62. The summed E-state index contributed by atoms with van der Waals surface area (Å²) in [5.41, 5.74) is -0.147. The summed E-state index contributed by atoms with van der Waals surface area (Å²) in [6.45, 7) is 5.35. The van der Waals surface area contributed by atoms with Crippen molar-refractivity contribution >= 4 is 23.4 Å². The third kappa shape index (κ3) is 4.52. The second-order valence-corrected chi connectivity index (χ2v) is 5.22. The number of nitrogens with one attached hydrogen (secondary N) is 1. The number of halogens is 1. The monoisotopic (exact) mass is 287 g/mol. The topological polar surface area (TPSA) is 56.8 Å². The Kier molecular flexibility index (Phi) is 4.89. The highest BCUT2D eigenvalue weighted by Gasteiger charge is 2.18. The van der Waals surface area contributed by atoms with E-state index in [0.29, 0.717) is 22.2 Å². The molecule has 0 aliphatic carbocycles. The summed E-state index contributed by atoms with van der Waals surface area (Å²) in [4.78, 5) is 11.7. The Bertz CT molecular complexity index is 468. The van der Waals surface area contributed by atoms with Gasteiger partial charge < -0.3 is 14.2 Å². The lowest BCUT2D eigenvalue weighted by Crippen LogP contribution is -2.27. The fourth-order valence-electron chi connectivity index (χ4n) is 1.37. The molecule has 6 heteroatoms. The molecule has 1 amide bonds. The summed E-state index contributed by atoms with van der Waals surface area (Å²) < 4.78 is 15.4. The van der Waals surface area contributed by atoms with Crippen LogP contribution in [0.1, 0.15) is 20.8 Å². The SMILES string of the molecule is COc1cc(NC(=O)OC(C)(C)C)c(OC)cc1Cl. The van der Waals surface area contributed by atoms with Crippen LogP contribution in [0.4, 0.5) is 10.5 Å². The molecule has 0 atom stereocenters. The number of benzene rings is 1. The molecule has 0 spiro atoms. The molecule has 0 bridgehead atoms. The van der Waals surface area contributed by atoms with E-state index in [4.69, 9.17) is 25.8 Å². The van der Waals surface area contributed by atoms with Crippen molar-refractivity contribution < 1.29 is 19.0 Å². The van der Waals surface area contributed by atoms with Gasteiger partial charge in [-0.3, -0.25) is 5.32 Å². The smallest absolute Gasteiger partial charge is 0.412 e. The Morgan fingerprint density at radius 3 is 2.21 bits per heavy atom. The first kappa shape index (κ1) is 15.4. The number of methoxy groups -OCH3 is 2. The van der Waals surface area contributed by atoms with Gasteiger partial charge in [0.2, 0.25) is 0 Å². The maximum absolute atomic E-state index is 11.7. The summed E-state index contributed by atoms with van der Waals surface area (Å²) in [6.07, 6.45) is -0.574. The molecule has 0 heterocycles. The van der Waals surface area contributed by atoms with Crippen molar-refractivity contribution in [2.75, 3.05) is 19.5 Å². The lowest BCUT2D eigenvalue weighted by atomic mass is 10.2. The maximum Gasteiger partial charge on any atom is 0.412 e. The molecule has 0 saturated heterocycles. The third-order valence-electron chi connectivity index (χ3n) is 2.11. The molecule has 1 rings (SSSR count). The lowest BCUT2D eigenvalue weighted by molar-refractivity contribution is 0.0635. The van der Waals surface area contributed by atoms with E-state index in [1.807, 2.05) is 0 Å². The standard InChI is InChI=1S/C13H18ClNO4/c1-13(2,3)19-12(16)15-9-7-10(17-4)8(14)6-11(9)18-5/h6-7H,1-5H3,(H,15,16). The average Bonchev–Trinajstić information content (AvgIpc) is 2.28. The van der Waals surface area contributed by atoms with E-state index in [1.54, 1.807) is 32.9 Å². The number of carbonyl (C=O) groups is 1. The van der Waals surface area contributed by atoms with Crippen LogP contribution in [0.3, 0.4) is 0 Å². The first-order valence-electron chi connectivity index (χ1n) is 5.68. The molecule has 1 aromatic rings. The number of rotatable bonds is 3. The predicted octanol–water partition coefficient (Wildman–Crippen LogP) is 3.70. The molecule has 106 valence electrons. The molecule has 0 aromatic heterocycles. The molecule has 0 unspecified atom stereocenters. The van der Waals surface area contributed by atoms with Crippen LogP contribution in [0.2, 0.25) is 5.02 Å². The highest BCUT2D eigenvalue weighted by molar-refractivity contribution is 6.32. The van der Waals surface area contributed by atoms with Crippen LogP contribution in [0.15, 0.2) is 12.1 Å².